The second-order valence-corrected chi connectivity index (χ2v) is 10.2. The maximum Gasteiger partial charge on any atom is 0.416 e. The number of rotatable bonds is 7. The average molecular weight is 493 g/mol. The number of halogens is 3. The molecule has 1 aromatic carbocycles. The number of carbonyl (C=O) groups is 1. The number of aromatic nitrogens is 2. The zero-order chi connectivity index (χ0) is 25.4. The van der Waals surface area contributed by atoms with Gasteiger partial charge in [-0.05, 0) is 64.0 Å². The maximum absolute atomic E-state index is 13.8. The summed E-state index contributed by atoms with van der Waals surface area (Å²) in [4.78, 5) is 18.3. The zero-order valence-corrected chi connectivity index (χ0v) is 20.2. The Kier molecular flexibility index (Phi) is 6.83. The van der Waals surface area contributed by atoms with Gasteiger partial charge in [-0.2, -0.15) is 18.2 Å². The number of carbonyl (C=O) groups excluding carboxylic acids is 1. The van der Waals surface area contributed by atoms with Crippen LogP contribution in [0.25, 0.3) is 11.4 Å². The molecule has 2 heterocycles. The monoisotopic (exact) mass is 492 g/mol. The lowest BCUT2D eigenvalue weighted by Gasteiger charge is -2.27. The molecule has 1 amide bonds. The number of nitrogens with one attached hydrogen (secondary N) is 1. The molecule has 0 bridgehead atoms. The molecular formula is C25H31F3N4O3. The van der Waals surface area contributed by atoms with Crippen LogP contribution in [-0.4, -0.2) is 33.3 Å². The van der Waals surface area contributed by atoms with Crippen molar-refractivity contribution in [3.8, 4) is 11.4 Å². The van der Waals surface area contributed by atoms with E-state index < -0.39 is 23.4 Å². The molecule has 1 saturated heterocycles. The molecule has 2 aromatic rings. The lowest BCUT2D eigenvalue weighted by Crippen LogP contribution is -2.37. The van der Waals surface area contributed by atoms with Crippen LogP contribution in [0.3, 0.4) is 0 Å². The van der Waals surface area contributed by atoms with Gasteiger partial charge in [-0.3, -0.25) is 5.32 Å². The van der Waals surface area contributed by atoms with E-state index in [9.17, 15) is 18.0 Å². The fourth-order valence-electron chi connectivity index (χ4n) is 4.29. The molecule has 4 rings (SSSR count). The van der Waals surface area contributed by atoms with Gasteiger partial charge in [0.1, 0.15) is 17.5 Å². The Balaban J connectivity index is 1.50. The number of likely N-dealkylation sites (tertiary alicyclic amines) is 1. The van der Waals surface area contributed by atoms with E-state index in [1.165, 1.54) is 6.07 Å². The fourth-order valence-corrected chi connectivity index (χ4v) is 4.29. The van der Waals surface area contributed by atoms with Crippen molar-refractivity contribution in [3.05, 3.63) is 47.6 Å². The van der Waals surface area contributed by atoms with Gasteiger partial charge in [0.2, 0.25) is 11.7 Å². The summed E-state index contributed by atoms with van der Waals surface area (Å²) in [5.74, 6) is 1.23. The van der Waals surface area contributed by atoms with E-state index in [0.717, 1.165) is 31.7 Å². The van der Waals surface area contributed by atoms with Crippen LogP contribution in [0.1, 0.15) is 75.9 Å². The highest BCUT2D eigenvalue weighted by Crippen LogP contribution is 2.39. The summed E-state index contributed by atoms with van der Waals surface area (Å²) >= 11 is 0. The second kappa shape index (κ2) is 9.54. The first-order chi connectivity index (χ1) is 16.4. The van der Waals surface area contributed by atoms with Crippen LogP contribution in [0.4, 0.5) is 18.0 Å². The fraction of sp³-hybridized carbons (Fsp3) is 0.560. The number of aryl methyl sites for hydroxylation is 1. The van der Waals surface area contributed by atoms with Crippen LogP contribution < -0.4 is 5.32 Å². The minimum Gasteiger partial charge on any atom is -0.444 e. The molecule has 1 atom stereocenters. The van der Waals surface area contributed by atoms with Crippen molar-refractivity contribution in [1.82, 2.24) is 20.4 Å². The van der Waals surface area contributed by atoms with Gasteiger partial charge >= 0.3 is 12.3 Å². The summed E-state index contributed by atoms with van der Waals surface area (Å²) in [6, 6.07) is 3.89. The van der Waals surface area contributed by atoms with Crippen molar-refractivity contribution in [3.63, 3.8) is 0 Å². The van der Waals surface area contributed by atoms with Crippen molar-refractivity contribution in [1.29, 1.82) is 0 Å². The summed E-state index contributed by atoms with van der Waals surface area (Å²) < 4.78 is 52.0. The number of alkyl halides is 3. The molecule has 1 aliphatic carbocycles. The average Bonchev–Trinajstić information content (AvgIpc) is 3.23. The number of alkyl carbamates (subject to hydrolysis) is 1. The smallest absolute Gasteiger partial charge is 0.416 e. The number of ether oxygens (including phenoxy) is 1. The summed E-state index contributed by atoms with van der Waals surface area (Å²) in [6.07, 6.45) is -0.244. The molecule has 7 nitrogen and oxygen atoms in total. The SMILES string of the molecule is C=C(NC(=O)OC(C)(C)C)N1CCC[C@H]1c1nc(-c2ccc(CCC3CC3)c(C(F)(F)F)c2)no1. The molecule has 0 radical (unpaired) electrons. The third kappa shape index (κ3) is 6.35. The molecule has 1 aliphatic heterocycles. The van der Waals surface area contributed by atoms with Gasteiger partial charge in [0, 0.05) is 12.1 Å². The molecule has 2 aliphatic rings. The minimum absolute atomic E-state index is 0.0943. The van der Waals surface area contributed by atoms with Crippen LogP contribution >= 0.6 is 0 Å². The molecule has 1 N–H and O–H groups in total. The Morgan fingerprint density at radius 3 is 2.66 bits per heavy atom. The summed E-state index contributed by atoms with van der Waals surface area (Å²) in [7, 11) is 0. The highest BCUT2D eigenvalue weighted by molar-refractivity contribution is 5.69. The normalized spacial score (nSPS) is 18.6. The Labute approximate surface area is 202 Å². The predicted octanol–water partition coefficient (Wildman–Crippen LogP) is 6.23. The predicted molar refractivity (Wildman–Crippen MR) is 123 cm³/mol. The van der Waals surface area contributed by atoms with Crippen LogP contribution in [0.5, 0.6) is 0 Å². The Hall–Kier alpha value is -3.04. The van der Waals surface area contributed by atoms with Gasteiger partial charge in [0.15, 0.2) is 0 Å². The third-order valence-electron chi connectivity index (χ3n) is 6.16. The topological polar surface area (TPSA) is 80.5 Å². The van der Waals surface area contributed by atoms with Crippen molar-refractivity contribution < 1.29 is 27.2 Å². The molecule has 1 saturated carbocycles. The van der Waals surface area contributed by atoms with E-state index in [4.69, 9.17) is 9.26 Å². The van der Waals surface area contributed by atoms with Crippen molar-refractivity contribution >= 4 is 6.09 Å². The molecule has 0 spiro atoms. The van der Waals surface area contributed by atoms with Crippen molar-refractivity contribution in [2.24, 2.45) is 5.92 Å². The molecule has 2 fully saturated rings. The van der Waals surface area contributed by atoms with Crippen molar-refractivity contribution in [2.75, 3.05) is 6.54 Å². The number of nitrogens with zero attached hydrogens (tertiary/aromatic N) is 3. The van der Waals surface area contributed by atoms with Gasteiger partial charge < -0.3 is 14.2 Å². The number of amides is 1. The lowest BCUT2D eigenvalue weighted by atomic mass is 9.98. The van der Waals surface area contributed by atoms with E-state index in [2.05, 4.69) is 22.0 Å². The summed E-state index contributed by atoms with van der Waals surface area (Å²) in [6.45, 7) is 9.82. The van der Waals surface area contributed by atoms with Crippen LogP contribution in [-0.2, 0) is 17.3 Å². The largest absolute Gasteiger partial charge is 0.444 e. The molecule has 190 valence electrons. The van der Waals surface area contributed by atoms with E-state index >= 15 is 0 Å². The van der Waals surface area contributed by atoms with E-state index in [1.54, 1.807) is 26.8 Å². The molecule has 35 heavy (non-hydrogen) atoms. The van der Waals surface area contributed by atoms with Gasteiger partial charge in [0.05, 0.1) is 5.56 Å². The van der Waals surface area contributed by atoms with Gasteiger partial charge in [0.25, 0.3) is 0 Å². The molecule has 10 heteroatoms. The first-order valence-electron chi connectivity index (χ1n) is 11.9. The highest BCUT2D eigenvalue weighted by atomic mass is 19.4. The quantitative estimate of drug-likeness (QED) is 0.494. The van der Waals surface area contributed by atoms with E-state index in [-0.39, 0.29) is 23.3 Å². The number of benzene rings is 1. The van der Waals surface area contributed by atoms with Crippen LogP contribution in [0, 0.1) is 5.92 Å². The lowest BCUT2D eigenvalue weighted by molar-refractivity contribution is -0.138. The first kappa shape index (κ1) is 25.1. The van der Waals surface area contributed by atoms with E-state index in [1.807, 2.05) is 4.90 Å². The number of hydrogen-bond donors (Lipinski definition) is 1. The Morgan fingerprint density at radius 2 is 2.00 bits per heavy atom. The Morgan fingerprint density at radius 1 is 1.26 bits per heavy atom. The minimum atomic E-state index is -4.46. The summed E-state index contributed by atoms with van der Waals surface area (Å²) in [5, 5.41) is 6.58. The first-order valence-corrected chi connectivity index (χ1v) is 11.9. The van der Waals surface area contributed by atoms with E-state index in [0.29, 0.717) is 36.7 Å². The zero-order valence-electron chi connectivity index (χ0n) is 20.2. The second-order valence-electron chi connectivity index (χ2n) is 10.2. The maximum atomic E-state index is 13.8. The Bertz CT molecular complexity index is 1090. The van der Waals surface area contributed by atoms with Crippen LogP contribution in [0.15, 0.2) is 35.1 Å². The third-order valence-corrected chi connectivity index (χ3v) is 6.16. The molecular weight excluding hydrogens is 461 g/mol. The van der Waals surface area contributed by atoms with Crippen LogP contribution in [0.2, 0.25) is 0 Å². The van der Waals surface area contributed by atoms with Crippen molar-refractivity contribution in [2.45, 2.75) is 77.1 Å². The van der Waals surface area contributed by atoms with Gasteiger partial charge in [-0.25, -0.2) is 4.79 Å². The number of hydrogen-bond acceptors (Lipinski definition) is 6. The standard InChI is InChI=1S/C25H31F3N4O3/c1-15(29-23(33)34-24(2,3)4)32-13-5-6-20(32)22-30-21(31-35-22)18-12-11-17(10-9-16-7-8-16)19(14-18)25(26,27)28/h11-12,14,16,20H,1,5-10,13H2,2-4H3,(H,29,33)/t20-/m0/s1. The molecule has 0 unspecified atom stereocenters. The van der Waals surface area contributed by atoms with Gasteiger partial charge in [-0.15, -0.1) is 0 Å². The highest BCUT2D eigenvalue weighted by Gasteiger charge is 2.36. The molecule has 1 aromatic heterocycles. The summed E-state index contributed by atoms with van der Waals surface area (Å²) in [5.41, 5.74) is -0.765. The van der Waals surface area contributed by atoms with Gasteiger partial charge in [-0.1, -0.05) is 36.7 Å².